The Labute approximate surface area is 103 Å². The lowest BCUT2D eigenvalue weighted by molar-refractivity contribution is 1.17. The second kappa shape index (κ2) is 3.86. The van der Waals surface area contributed by atoms with Crippen molar-refractivity contribution in [3.63, 3.8) is 0 Å². The smallest absolute Gasteiger partial charge is 0.222 e. The van der Waals surface area contributed by atoms with Gasteiger partial charge in [0.2, 0.25) is 5.28 Å². The third kappa shape index (κ3) is 1.68. The molecule has 3 nitrogen and oxygen atoms in total. The van der Waals surface area contributed by atoms with Crippen LogP contribution in [0.15, 0.2) is 36.7 Å². The summed E-state index contributed by atoms with van der Waals surface area (Å²) < 4.78 is 0. The fourth-order valence-corrected chi connectivity index (χ4v) is 2.20. The van der Waals surface area contributed by atoms with Crippen LogP contribution in [0.25, 0.3) is 22.2 Å². The lowest BCUT2D eigenvalue weighted by Gasteiger charge is -2.01. The Morgan fingerprint density at radius 3 is 2.94 bits per heavy atom. The molecule has 2 aromatic heterocycles. The Kier molecular flexibility index (Phi) is 2.34. The number of H-pyrrole nitrogens is 1. The van der Waals surface area contributed by atoms with Gasteiger partial charge in [-0.25, -0.2) is 9.97 Å². The van der Waals surface area contributed by atoms with E-state index in [-0.39, 0.29) is 5.28 Å². The molecule has 84 valence electrons. The molecule has 0 unspecified atom stereocenters. The number of rotatable bonds is 1. The van der Waals surface area contributed by atoms with Gasteiger partial charge in [-0.1, -0.05) is 12.1 Å². The van der Waals surface area contributed by atoms with Gasteiger partial charge in [0.25, 0.3) is 0 Å². The van der Waals surface area contributed by atoms with Crippen molar-refractivity contribution in [1.29, 1.82) is 0 Å². The fourth-order valence-electron chi connectivity index (χ4n) is 2.05. The summed E-state index contributed by atoms with van der Waals surface area (Å²) in [6, 6.07) is 8.03. The van der Waals surface area contributed by atoms with Gasteiger partial charge in [0.1, 0.15) is 0 Å². The quantitative estimate of drug-likeness (QED) is 0.664. The number of nitrogens with one attached hydrogen (secondary N) is 1. The zero-order valence-electron chi connectivity index (χ0n) is 9.24. The number of nitrogens with zero attached hydrogens (tertiary/aromatic N) is 2. The van der Waals surface area contributed by atoms with Gasteiger partial charge in [-0.2, -0.15) is 0 Å². The Balaban J connectivity index is 2.31. The van der Waals surface area contributed by atoms with Crippen molar-refractivity contribution < 1.29 is 0 Å². The molecule has 1 aromatic carbocycles. The molecule has 0 saturated heterocycles. The van der Waals surface area contributed by atoms with E-state index in [2.05, 4.69) is 34.0 Å². The summed E-state index contributed by atoms with van der Waals surface area (Å²) in [5.41, 5.74) is 4.22. The zero-order valence-corrected chi connectivity index (χ0v) is 9.99. The van der Waals surface area contributed by atoms with Gasteiger partial charge < -0.3 is 4.98 Å². The minimum atomic E-state index is 0.269. The van der Waals surface area contributed by atoms with Gasteiger partial charge in [0, 0.05) is 28.9 Å². The second-order valence-corrected chi connectivity index (χ2v) is 4.25. The van der Waals surface area contributed by atoms with Gasteiger partial charge >= 0.3 is 0 Å². The van der Waals surface area contributed by atoms with E-state index in [1.807, 2.05) is 18.3 Å². The molecule has 3 rings (SSSR count). The van der Waals surface area contributed by atoms with Crippen molar-refractivity contribution in [2.75, 3.05) is 0 Å². The van der Waals surface area contributed by atoms with Crippen molar-refractivity contribution in [3.8, 4) is 11.3 Å². The van der Waals surface area contributed by atoms with Crippen molar-refractivity contribution in [3.05, 3.63) is 47.5 Å². The molecule has 0 spiro atoms. The van der Waals surface area contributed by atoms with Crippen LogP contribution in [-0.4, -0.2) is 15.0 Å². The highest BCUT2D eigenvalue weighted by Crippen LogP contribution is 2.29. The molecule has 0 aliphatic carbocycles. The molecule has 0 atom stereocenters. The number of aromatic nitrogens is 3. The Morgan fingerprint density at radius 2 is 2.12 bits per heavy atom. The molecular formula is C13H10ClN3. The number of hydrogen-bond donors (Lipinski definition) is 1. The van der Waals surface area contributed by atoms with Crippen molar-refractivity contribution >= 4 is 22.5 Å². The summed E-state index contributed by atoms with van der Waals surface area (Å²) in [5.74, 6) is 0. The predicted molar refractivity (Wildman–Crippen MR) is 69.1 cm³/mol. The molecule has 17 heavy (non-hydrogen) atoms. The van der Waals surface area contributed by atoms with Crippen LogP contribution in [0.1, 0.15) is 5.56 Å². The molecule has 0 aliphatic rings. The molecule has 1 N–H and O–H groups in total. The first-order valence-corrected chi connectivity index (χ1v) is 5.69. The van der Waals surface area contributed by atoms with Gasteiger partial charge in [-0.05, 0) is 36.2 Å². The highest BCUT2D eigenvalue weighted by atomic mass is 35.5. The maximum atomic E-state index is 5.82. The maximum absolute atomic E-state index is 5.82. The van der Waals surface area contributed by atoms with E-state index in [4.69, 9.17) is 11.6 Å². The first-order valence-electron chi connectivity index (χ1n) is 5.31. The van der Waals surface area contributed by atoms with E-state index < -0.39 is 0 Å². The van der Waals surface area contributed by atoms with E-state index in [1.54, 1.807) is 6.20 Å². The molecule has 0 saturated carbocycles. The third-order valence-corrected chi connectivity index (χ3v) is 3.00. The van der Waals surface area contributed by atoms with Crippen LogP contribution >= 0.6 is 11.6 Å². The second-order valence-electron chi connectivity index (χ2n) is 3.91. The molecule has 3 aromatic rings. The molecule has 0 fully saturated rings. The lowest BCUT2D eigenvalue weighted by atomic mass is 10.1. The van der Waals surface area contributed by atoms with Gasteiger partial charge in [-0.15, -0.1) is 0 Å². The molecule has 0 bridgehead atoms. The van der Waals surface area contributed by atoms with E-state index in [0.29, 0.717) is 0 Å². The van der Waals surface area contributed by atoms with Crippen LogP contribution in [0.4, 0.5) is 0 Å². The summed E-state index contributed by atoms with van der Waals surface area (Å²) in [6.45, 7) is 2.09. The zero-order chi connectivity index (χ0) is 11.8. The van der Waals surface area contributed by atoms with Gasteiger partial charge in [-0.3, -0.25) is 0 Å². The first-order chi connectivity index (χ1) is 8.25. The summed E-state index contributed by atoms with van der Waals surface area (Å²) in [7, 11) is 0. The van der Waals surface area contributed by atoms with Crippen molar-refractivity contribution in [2.24, 2.45) is 0 Å². The molecule has 2 heterocycles. The SMILES string of the molecule is Cc1cccc2[nH]cc(-c3ccnc(Cl)n3)c12. The number of hydrogen-bond acceptors (Lipinski definition) is 2. The first kappa shape index (κ1) is 10.3. The van der Waals surface area contributed by atoms with Gasteiger partial charge in [0.15, 0.2) is 0 Å². The number of benzene rings is 1. The summed E-state index contributed by atoms with van der Waals surface area (Å²) in [4.78, 5) is 11.4. The van der Waals surface area contributed by atoms with E-state index >= 15 is 0 Å². The van der Waals surface area contributed by atoms with Crippen LogP contribution < -0.4 is 0 Å². The number of halogens is 1. The average Bonchev–Trinajstić information content (AvgIpc) is 2.74. The van der Waals surface area contributed by atoms with E-state index in [0.717, 1.165) is 16.8 Å². The molecule has 0 aliphatic heterocycles. The summed E-state index contributed by atoms with van der Waals surface area (Å²) >= 11 is 5.82. The average molecular weight is 244 g/mol. The summed E-state index contributed by atoms with van der Waals surface area (Å²) in [6.07, 6.45) is 3.62. The Bertz CT molecular complexity index is 688. The normalized spacial score (nSPS) is 10.9. The van der Waals surface area contributed by atoms with E-state index in [1.165, 1.54) is 10.9 Å². The highest BCUT2D eigenvalue weighted by Gasteiger charge is 2.09. The molecule has 4 heteroatoms. The topological polar surface area (TPSA) is 41.6 Å². The van der Waals surface area contributed by atoms with Crippen LogP contribution in [0.5, 0.6) is 0 Å². The minimum absolute atomic E-state index is 0.269. The van der Waals surface area contributed by atoms with Crippen LogP contribution in [-0.2, 0) is 0 Å². The highest BCUT2D eigenvalue weighted by molar-refractivity contribution is 6.28. The van der Waals surface area contributed by atoms with Gasteiger partial charge in [0.05, 0.1) is 5.69 Å². The predicted octanol–water partition coefficient (Wildman–Crippen LogP) is 3.59. The Hall–Kier alpha value is -1.87. The standard InChI is InChI=1S/C13H10ClN3/c1-8-3-2-4-11-12(8)9(7-16-11)10-5-6-15-13(14)17-10/h2-7,16H,1H3. The third-order valence-electron chi connectivity index (χ3n) is 2.82. The molecule has 0 radical (unpaired) electrons. The maximum Gasteiger partial charge on any atom is 0.222 e. The van der Waals surface area contributed by atoms with Crippen LogP contribution in [0.3, 0.4) is 0 Å². The lowest BCUT2D eigenvalue weighted by Crippen LogP contribution is -1.86. The fraction of sp³-hybridized carbons (Fsp3) is 0.0769. The number of fused-ring (bicyclic) bond motifs is 1. The minimum Gasteiger partial charge on any atom is -0.360 e. The molecular weight excluding hydrogens is 234 g/mol. The van der Waals surface area contributed by atoms with Crippen LogP contribution in [0.2, 0.25) is 5.28 Å². The Morgan fingerprint density at radius 1 is 1.24 bits per heavy atom. The monoisotopic (exact) mass is 243 g/mol. The number of aryl methyl sites for hydroxylation is 1. The summed E-state index contributed by atoms with van der Waals surface area (Å²) in [5, 5.41) is 1.45. The van der Waals surface area contributed by atoms with Crippen LogP contribution in [0, 0.1) is 6.92 Å². The largest absolute Gasteiger partial charge is 0.360 e. The molecule has 0 amide bonds. The number of aromatic amines is 1. The van der Waals surface area contributed by atoms with Crippen molar-refractivity contribution in [2.45, 2.75) is 6.92 Å². The van der Waals surface area contributed by atoms with E-state index in [9.17, 15) is 0 Å². The van der Waals surface area contributed by atoms with Crippen molar-refractivity contribution in [1.82, 2.24) is 15.0 Å².